The van der Waals surface area contributed by atoms with Gasteiger partial charge < -0.3 is 5.32 Å². The van der Waals surface area contributed by atoms with Gasteiger partial charge in [-0.05, 0) is 32.3 Å². The van der Waals surface area contributed by atoms with Gasteiger partial charge in [-0.2, -0.15) is 9.47 Å². The van der Waals surface area contributed by atoms with Gasteiger partial charge >= 0.3 is 0 Å². The van der Waals surface area contributed by atoms with E-state index in [2.05, 4.69) is 24.9 Å². The van der Waals surface area contributed by atoms with Crippen LogP contribution in [0.15, 0.2) is 30.3 Å². The second-order valence-corrected chi connectivity index (χ2v) is 6.08. The molecule has 2 N–H and O–H groups in total. The number of aromatic nitrogens is 4. The Morgan fingerprint density at radius 1 is 1.26 bits per heavy atom. The monoisotopic (exact) mass is 327 g/mol. The lowest BCUT2D eigenvalue weighted by Crippen LogP contribution is -2.27. The van der Waals surface area contributed by atoms with Crippen molar-refractivity contribution in [3.05, 3.63) is 52.3 Å². The fraction of sp³-hybridized carbons (Fsp3) is 0.250. The summed E-state index contributed by atoms with van der Waals surface area (Å²) in [5.41, 5.74) is 3.75. The zero-order chi connectivity index (χ0) is 16.4. The van der Waals surface area contributed by atoms with Crippen LogP contribution in [0.3, 0.4) is 0 Å². The van der Waals surface area contributed by atoms with Gasteiger partial charge in [-0.25, -0.2) is 4.98 Å². The molecule has 7 heteroatoms. The highest BCUT2D eigenvalue weighted by Crippen LogP contribution is 2.21. The van der Waals surface area contributed by atoms with E-state index in [1.165, 1.54) is 0 Å². The minimum absolute atomic E-state index is 0.148. The maximum absolute atomic E-state index is 12.4. The van der Waals surface area contributed by atoms with Gasteiger partial charge in [0.05, 0.1) is 11.7 Å². The summed E-state index contributed by atoms with van der Waals surface area (Å²) in [4.78, 5) is 16.7. The normalized spacial score (nSPS) is 12.1. The molecule has 1 atom stereocenters. The van der Waals surface area contributed by atoms with Crippen molar-refractivity contribution in [2.24, 2.45) is 0 Å². The lowest BCUT2D eigenvalue weighted by atomic mass is 10.1. The Hall–Kier alpha value is -2.54. The number of carbonyl (C=O) groups excluding carboxylic acids is 1. The molecule has 0 saturated carbocycles. The van der Waals surface area contributed by atoms with Crippen LogP contribution in [0.2, 0.25) is 0 Å². The number of H-pyrrole nitrogens is 1. The quantitative estimate of drug-likeness (QED) is 0.771. The molecule has 3 rings (SSSR count). The van der Waals surface area contributed by atoms with Crippen LogP contribution in [-0.4, -0.2) is 25.5 Å². The first-order chi connectivity index (χ1) is 11.1. The molecule has 1 amide bonds. The third-order valence-corrected chi connectivity index (χ3v) is 4.33. The second kappa shape index (κ2) is 6.29. The highest BCUT2D eigenvalue weighted by molar-refractivity contribution is 7.07. The molecular formula is C16H17N5OS. The Bertz CT molecular complexity index is 805. The first kappa shape index (κ1) is 15.4. The highest BCUT2D eigenvalue weighted by Gasteiger charge is 2.20. The Kier molecular flexibility index (Phi) is 4.20. The van der Waals surface area contributed by atoms with E-state index < -0.39 is 0 Å². The second-order valence-electron chi connectivity index (χ2n) is 5.33. The van der Waals surface area contributed by atoms with E-state index in [0.717, 1.165) is 34.0 Å². The lowest BCUT2D eigenvalue weighted by Gasteiger charge is -2.13. The minimum atomic E-state index is -0.225. The molecule has 6 nitrogen and oxygen atoms in total. The van der Waals surface area contributed by atoms with E-state index in [0.29, 0.717) is 10.8 Å². The molecule has 0 aliphatic heterocycles. The fourth-order valence-corrected chi connectivity index (χ4v) is 3.14. The third kappa shape index (κ3) is 3.14. The van der Waals surface area contributed by atoms with E-state index in [-0.39, 0.29) is 11.9 Å². The summed E-state index contributed by atoms with van der Waals surface area (Å²) >= 11 is 1.10. The molecule has 23 heavy (non-hydrogen) atoms. The number of amides is 1. The van der Waals surface area contributed by atoms with Crippen molar-refractivity contribution >= 4 is 17.4 Å². The Balaban J connectivity index is 1.76. The van der Waals surface area contributed by atoms with Crippen LogP contribution >= 0.6 is 11.5 Å². The first-order valence-electron chi connectivity index (χ1n) is 7.27. The number of hydrogen-bond donors (Lipinski definition) is 2. The average molecular weight is 327 g/mol. The number of rotatable bonds is 4. The van der Waals surface area contributed by atoms with Gasteiger partial charge in [0.15, 0.2) is 5.82 Å². The molecule has 3 aromatic rings. The molecule has 0 saturated heterocycles. The molecule has 1 aromatic carbocycles. The highest BCUT2D eigenvalue weighted by atomic mass is 32.1. The standard InChI is InChI=1S/C16H17N5OS/c1-9(13-10(2)19-20-11(13)3)17-15(22)16-18-14(21-23-16)12-7-5-4-6-8-12/h4-9H,1-3H3,(H,17,22)(H,19,20). The van der Waals surface area contributed by atoms with Crippen LogP contribution in [-0.2, 0) is 0 Å². The fourth-order valence-electron chi connectivity index (χ4n) is 2.55. The molecule has 2 heterocycles. The maximum atomic E-state index is 12.4. The van der Waals surface area contributed by atoms with E-state index in [1.54, 1.807) is 0 Å². The summed E-state index contributed by atoms with van der Waals surface area (Å²) in [6.07, 6.45) is 0. The zero-order valence-corrected chi connectivity index (χ0v) is 13.9. The van der Waals surface area contributed by atoms with Crippen molar-refractivity contribution in [1.82, 2.24) is 24.9 Å². The van der Waals surface area contributed by atoms with Gasteiger partial charge in [0, 0.05) is 16.8 Å². The SMILES string of the molecule is Cc1n[nH]c(C)c1C(C)NC(=O)c1nc(-c2ccccc2)ns1. The number of nitrogens with one attached hydrogen (secondary N) is 2. The number of carbonyl (C=O) groups is 1. The number of benzene rings is 1. The van der Waals surface area contributed by atoms with Crippen LogP contribution in [0, 0.1) is 13.8 Å². The summed E-state index contributed by atoms with van der Waals surface area (Å²) in [5.74, 6) is 0.348. The largest absolute Gasteiger partial charge is 0.343 e. The summed E-state index contributed by atoms with van der Waals surface area (Å²) in [6.45, 7) is 5.79. The van der Waals surface area contributed by atoms with Crippen LogP contribution in [0.4, 0.5) is 0 Å². The molecule has 0 fully saturated rings. The summed E-state index contributed by atoms with van der Waals surface area (Å²) in [7, 11) is 0. The van der Waals surface area contributed by atoms with Crippen molar-refractivity contribution < 1.29 is 4.79 Å². The predicted molar refractivity (Wildman–Crippen MR) is 89.3 cm³/mol. The smallest absolute Gasteiger partial charge is 0.282 e. The van der Waals surface area contributed by atoms with Crippen LogP contribution in [0.1, 0.15) is 39.7 Å². The van der Waals surface area contributed by atoms with Crippen LogP contribution in [0.25, 0.3) is 11.4 Å². The number of aryl methyl sites for hydroxylation is 2. The summed E-state index contributed by atoms with van der Waals surface area (Å²) < 4.78 is 4.26. The molecule has 0 radical (unpaired) electrons. The number of nitrogens with zero attached hydrogens (tertiary/aromatic N) is 3. The van der Waals surface area contributed by atoms with Crippen molar-refractivity contribution in [1.29, 1.82) is 0 Å². The molecule has 0 spiro atoms. The lowest BCUT2D eigenvalue weighted by molar-refractivity contribution is 0.0939. The first-order valence-corrected chi connectivity index (χ1v) is 8.05. The average Bonchev–Trinajstić information content (AvgIpc) is 3.15. The maximum Gasteiger partial charge on any atom is 0.282 e. The predicted octanol–water partition coefficient (Wildman–Crippen LogP) is 3.04. The van der Waals surface area contributed by atoms with Gasteiger partial charge in [0.25, 0.3) is 5.91 Å². The topological polar surface area (TPSA) is 83.6 Å². The van der Waals surface area contributed by atoms with Crippen molar-refractivity contribution in [2.45, 2.75) is 26.8 Å². The Morgan fingerprint density at radius 2 is 2.00 bits per heavy atom. The van der Waals surface area contributed by atoms with E-state index in [1.807, 2.05) is 51.1 Å². The third-order valence-electron chi connectivity index (χ3n) is 3.62. The molecule has 0 aliphatic carbocycles. The van der Waals surface area contributed by atoms with Crippen molar-refractivity contribution in [3.8, 4) is 11.4 Å². The Morgan fingerprint density at radius 3 is 2.65 bits per heavy atom. The number of hydrogen-bond acceptors (Lipinski definition) is 5. The molecule has 0 bridgehead atoms. The van der Waals surface area contributed by atoms with Gasteiger partial charge in [-0.15, -0.1) is 0 Å². The van der Waals surface area contributed by atoms with Gasteiger partial charge in [-0.3, -0.25) is 9.89 Å². The molecule has 2 aromatic heterocycles. The summed E-state index contributed by atoms with van der Waals surface area (Å²) in [6, 6.07) is 9.46. The molecular weight excluding hydrogens is 310 g/mol. The molecule has 118 valence electrons. The van der Waals surface area contributed by atoms with Crippen molar-refractivity contribution in [3.63, 3.8) is 0 Å². The van der Waals surface area contributed by atoms with Gasteiger partial charge in [0.1, 0.15) is 0 Å². The van der Waals surface area contributed by atoms with E-state index >= 15 is 0 Å². The van der Waals surface area contributed by atoms with Crippen LogP contribution in [0.5, 0.6) is 0 Å². The van der Waals surface area contributed by atoms with E-state index in [9.17, 15) is 4.79 Å². The summed E-state index contributed by atoms with van der Waals surface area (Å²) in [5, 5.41) is 10.4. The van der Waals surface area contributed by atoms with Crippen LogP contribution < -0.4 is 5.32 Å². The molecule has 0 aliphatic rings. The minimum Gasteiger partial charge on any atom is -0.343 e. The zero-order valence-electron chi connectivity index (χ0n) is 13.1. The van der Waals surface area contributed by atoms with Gasteiger partial charge in [-0.1, -0.05) is 30.3 Å². The van der Waals surface area contributed by atoms with Crippen molar-refractivity contribution in [2.75, 3.05) is 0 Å². The molecule has 1 unspecified atom stereocenters. The van der Waals surface area contributed by atoms with Gasteiger partial charge in [0.2, 0.25) is 5.01 Å². The Labute approximate surface area is 138 Å². The van der Waals surface area contributed by atoms with E-state index in [4.69, 9.17) is 0 Å². The number of aromatic amines is 1.